The highest BCUT2D eigenvalue weighted by Gasteiger charge is 2.16. The van der Waals surface area contributed by atoms with Gasteiger partial charge in [-0.05, 0) is 70.6 Å². The Balaban J connectivity index is 1.60. The van der Waals surface area contributed by atoms with Crippen molar-refractivity contribution in [3.05, 3.63) is 94.1 Å². The lowest BCUT2D eigenvalue weighted by Gasteiger charge is -2.13. The maximum absolute atomic E-state index is 12.5. The Bertz CT molecular complexity index is 1350. The second-order valence-corrected chi connectivity index (χ2v) is 9.92. The first-order valence-electron chi connectivity index (χ1n) is 10.9. The second-order valence-electron chi connectivity index (χ2n) is 7.60. The predicted octanol–water partition coefficient (Wildman–Crippen LogP) is 7.02. The molecule has 4 aromatic rings. The molecule has 1 N–H and O–H groups in total. The van der Waals surface area contributed by atoms with E-state index in [1.807, 2.05) is 84.9 Å². The van der Waals surface area contributed by atoms with Gasteiger partial charge in [0.2, 0.25) is 5.91 Å². The Hall–Kier alpha value is -3.35. The van der Waals surface area contributed by atoms with E-state index in [1.165, 1.54) is 11.8 Å². The summed E-state index contributed by atoms with van der Waals surface area (Å²) in [5, 5.41) is 13.6. The van der Waals surface area contributed by atoms with Gasteiger partial charge in [0.1, 0.15) is 16.8 Å². The summed E-state index contributed by atoms with van der Waals surface area (Å²) in [6.45, 7) is 0. The normalized spacial score (nSPS) is 10.4. The zero-order valence-corrected chi connectivity index (χ0v) is 22.0. The summed E-state index contributed by atoms with van der Waals surface area (Å²) in [6.07, 6.45) is 0.302. The van der Waals surface area contributed by atoms with Gasteiger partial charge in [-0.15, -0.1) is 11.8 Å². The summed E-state index contributed by atoms with van der Waals surface area (Å²) in [4.78, 5) is 17.3. The monoisotopic (exact) mass is 591 g/mol. The van der Waals surface area contributed by atoms with Gasteiger partial charge in [0.05, 0.1) is 18.4 Å². The highest BCUT2D eigenvalue weighted by Crippen LogP contribution is 2.35. The number of carbonyl (C=O) groups is 1. The van der Waals surface area contributed by atoms with Crippen LogP contribution >= 0.6 is 34.4 Å². The molecule has 7 heteroatoms. The number of nitrogens with one attached hydrogen (secondary N) is 1. The number of halogens is 1. The van der Waals surface area contributed by atoms with Crippen molar-refractivity contribution >= 4 is 45.9 Å². The van der Waals surface area contributed by atoms with Crippen molar-refractivity contribution in [2.75, 3.05) is 18.2 Å². The Morgan fingerprint density at radius 3 is 2.40 bits per heavy atom. The molecule has 0 fully saturated rings. The molecule has 0 bridgehead atoms. The lowest BCUT2D eigenvalue weighted by molar-refractivity contribution is -0.115. The van der Waals surface area contributed by atoms with Gasteiger partial charge >= 0.3 is 0 Å². The summed E-state index contributed by atoms with van der Waals surface area (Å²) in [5.41, 5.74) is 4.71. The number of methoxy groups -OCH3 is 1. The number of amides is 1. The molecule has 1 amide bonds. The Labute approximate surface area is 222 Å². The summed E-state index contributed by atoms with van der Waals surface area (Å²) >= 11 is 3.65. The van der Waals surface area contributed by atoms with Crippen LogP contribution in [0.1, 0.15) is 12.0 Å². The Morgan fingerprint density at radius 1 is 1.03 bits per heavy atom. The van der Waals surface area contributed by atoms with Gasteiger partial charge in [-0.1, -0.05) is 42.5 Å². The molecule has 0 unspecified atom stereocenters. The van der Waals surface area contributed by atoms with E-state index in [-0.39, 0.29) is 5.91 Å². The van der Waals surface area contributed by atoms with Gasteiger partial charge < -0.3 is 10.1 Å². The van der Waals surface area contributed by atoms with E-state index in [1.54, 1.807) is 7.11 Å². The minimum absolute atomic E-state index is 0.0770. The molecule has 0 aliphatic carbocycles. The van der Waals surface area contributed by atoms with Gasteiger partial charge in [-0.3, -0.25) is 4.79 Å². The predicted molar refractivity (Wildman–Crippen MR) is 150 cm³/mol. The number of carbonyl (C=O) groups excluding carboxylic acids is 1. The molecule has 4 rings (SSSR count). The van der Waals surface area contributed by atoms with Crippen LogP contribution in [-0.4, -0.2) is 23.8 Å². The van der Waals surface area contributed by atoms with E-state index >= 15 is 0 Å². The van der Waals surface area contributed by atoms with Crippen LogP contribution in [0.5, 0.6) is 5.75 Å². The van der Waals surface area contributed by atoms with Crippen molar-refractivity contribution in [3.8, 4) is 34.2 Å². The zero-order valence-electron chi connectivity index (χ0n) is 19.0. The molecule has 1 heterocycles. The summed E-state index contributed by atoms with van der Waals surface area (Å²) in [5.74, 6) is 1.17. The number of nitriles is 1. The number of nitrogens with zero attached hydrogens (tertiary/aromatic N) is 2. The molecule has 0 aliphatic heterocycles. The second kappa shape index (κ2) is 11.9. The number of anilines is 1. The van der Waals surface area contributed by atoms with Gasteiger partial charge in [0.15, 0.2) is 0 Å². The van der Waals surface area contributed by atoms with Crippen LogP contribution in [0, 0.1) is 14.9 Å². The van der Waals surface area contributed by atoms with Gasteiger partial charge in [-0.25, -0.2) is 4.98 Å². The smallest absolute Gasteiger partial charge is 0.225 e. The number of thioether (sulfide) groups is 1. The molecule has 0 radical (unpaired) electrons. The van der Waals surface area contributed by atoms with Crippen LogP contribution < -0.4 is 10.1 Å². The minimum atomic E-state index is -0.0770. The molecule has 174 valence electrons. The fraction of sp³-hybridized carbons (Fsp3) is 0.107. The first-order chi connectivity index (χ1) is 17.1. The van der Waals surface area contributed by atoms with Gasteiger partial charge in [-0.2, -0.15) is 5.26 Å². The Kier molecular flexibility index (Phi) is 8.40. The molecule has 35 heavy (non-hydrogen) atoms. The number of ether oxygens (including phenoxy) is 1. The first-order valence-corrected chi connectivity index (χ1v) is 13.0. The van der Waals surface area contributed by atoms with Gasteiger partial charge in [0, 0.05) is 32.6 Å². The van der Waals surface area contributed by atoms with Crippen LogP contribution in [0.2, 0.25) is 0 Å². The number of hydrogen-bond donors (Lipinski definition) is 1. The molecule has 0 spiro atoms. The van der Waals surface area contributed by atoms with Crippen molar-refractivity contribution in [1.82, 2.24) is 4.98 Å². The molecule has 0 saturated carbocycles. The van der Waals surface area contributed by atoms with Gasteiger partial charge in [0.25, 0.3) is 0 Å². The molecule has 3 aromatic carbocycles. The van der Waals surface area contributed by atoms with Crippen LogP contribution in [0.3, 0.4) is 0 Å². The van der Waals surface area contributed by atoms with Crippen molar-refractivity contribution in [2.45, 2.75) is 11.4 Å². The van der Waals surface area contributed by atoms with E-state index < -0.39 is 0 Å². The molecule has 0 aliphatic rings. The van der Waals surface area contributed by atoms with Crippen molar-refractivity contribution in [3.63, 3.8) is 0 Å². The maximum Gasteiger partial charge on any atom is 0.225 e. The largest absolute Gasteiger partial charge is 0.497 e. The molecular formula is C28H22IN3O2S. The zero-order chi connectivity index (χ0) is 24.6. The number of pyridine rings is 1. The number of aromatic nitrogens is 1. The topological polar surface area (TPSA) is 75.0 Å². The van der Waals surface area contributed by atoms with E-state index in [2.05, 4.69) is 34.0 Å². The molecule has 1 aromatic heterocycles. The van der Waals surface area contributed by atoms with E-state index in [4.69, 9.17) is 9.72 Å². The lowest BCUT2D eigenvalue weighted by Crippen LogP contribution is -2.12. The third-order valence-electron chi connectivity index (χ3n) is 5.26. The average Bonchev–Trinajstić information content (AvgIpc) is 2.90. The highest BCUT2D eigenvalue weighted by atomic mass is 127. The summed E-state index contributed by atoms with van der Waals surface area (Å²) < 4.78 is 6.39. The quantitative estimate of drug-likeness (QED) is 0.176. The van der Waals surface area contributed by atoms with Crippen LogP contribution in [0.25, 0.3) is 22.4 Å². The fourth-order valence-corrected chi connectivity index (χ4v) is 4.79. The van der Waals surface area contributed by atoms with E-state index in [9.17, 15) is 10.1 Å². The first kappa shape index (κ1) is 24.8. The minimum Gasteiger partial charge on any atom is -0.497 e. The fourth-order valence-electron chi connectivity index (χ4n) is 3.49. The standard InChI is InChI=1S/C28H22IN3O2S/c1-34-23-13-7-19(8-14-23)24-17-26(20-5-3-2-4-6-20)32-28(25(24)18-30)35-16-15-27(33)31-22-11-9-21(29)10-12-22/h2-14,17H,15-16H2,1H3,(H,31,33). The van der Waals surface area contributed by atoms with Crippen LogP contribution in [-0.2, 0) is 4.79 Å². The highest BCUT2D eigenvalue weighted by molar-refractivity contribution is 14.1. The molecule has 5 nitrogen and oxygen atoms in total. The average molecular weight is 591 g/mol. The SMILES string of the molecule is COc1ccc(-c2cc(-c3ccccc3)nc(SCCC(=O)Nc3ccc(I)cc3)c2C#N)cc1. The number of benzene rings is 3. The van der Waals surface area contributed by atoms with Crippen molar-refractivity contribution in [2.24, 2.45) is 0 Å². The third kappa shape index (κ3) is 6.41. The maximum atomic E-state index is 12.5. The van der Waals surface area contributed by atoms with E-state index in [0.29, 0.717) is 22.8 Å². The number of rotatable bonds is 8. The van der Waals surface area contributed by atoms with Crippen LogP contribution in [0.4, 0.5) is 5.69 Å². The third-order valence-corrected chi connectivity index (χ3v) is 6.96. The van der Waals surface area contributed by atoms with Crippen molar-refractivity contribution < 1.29 is 9.53 Å². The van der Waals surface area contributed by atoms with Crippen LogP contribution in [0.15, 0.2) is 90.0 Å². The molecule has 0 saturated heterocycles. The van der Waals surface area contributed by atoms with E-state index in [0.717, 1.165) is 37.4 Å². The molecular weight excluding hydrogens is 569 g/mol. The molecule has 0 atom stereocenters. The number of hydrogen-bond acceptors (Lipinski definition) is 5. The lowest BCUT2D eigenvalue weighted by atomic mass is 9.99. The van der Waals surface area contributed by atoms with Crippen molar-refractivity contribution in [1.29, 1.82) is 5.26 Å². The Morgan fingerprint density at radius 2 is 1.74 bits per heavy atom. The summed E-state index contributed by atoms with van der Waals surface area (Å²) in [7, 11) is 1.62. The summed E-state index contributed by atoms with van der Waals surface area (Å²) in [6, 6.07) is 29.4.